The van der Waals surface area contributed by atoms with Crippen molar-refractivity contribution in [3.63, 3.8) is 0 Å². The first-order valence-electron chi connectivity index (χ1n) is 12.6. The van der Waals surface area contributed by atoms with Gasteiger partial charge in [0, 0.05) is 11.1 Å². The molecule has 39 heavy (non-hydrogen) atoms. The lowest BCUT2D eigenvalue weighted by atomic mass is 9.83. The molecule has 4 aromatic rings. The van der Waals surface area contributed by atoms with E-state index < -0.39 is 0 Å². The van der Waals surface area contributed by atoms with Gasteiger partial charge in [0.15, 0.2) is 27.8 Å². The Balaban J connectivity index is 1.62. The summed E-state index contributed by atoms with van der Waals surface area (Å²) in [6.45, 7) is 0. The first kappa shape index (κ1) is 25.0. The van der Waals surface area contributed by atoms with Gasteiger partial charge in [-0.1, -0.05) is 53.8 Å². The molecule has 0 saturated heterocycles. The highest BCUT2D eigenvalue weighted by atomic mass is 32.1. The van der Waals surface area contributed by atoms with Gasteiger partial charge >= 0.3 is 0 Å². The third kappa shape index (κ3) is 4.12. The van der Waals surface area contributed by atoms with E-state index in [-0.39, 0.29) is 11.6 Å². The molecule has 1 atom stereocenters. The molecule has 1 aliphatic heterocycles. The minimum atomic E-state index is -0.373. The molecule has 0 N–H and O–H groups in total. The zero-order valence-corrected chi connectivity index (χ0v) is 23.0. The molecule has 1 unspecified atom stereocenters. The second kappa shape index (κ2) is 10.1. The molecule has 1 aromatic heterocycles. The van der Waals surface area contributed by atoms with Gasteiger partial charge in [0.1, 0.15) is 0 Å². The Morgan fingerprint density at radius 2 is 1.67 bits per heavy atom. The van der Waals surface area contributed by atoms with Crippen molar-refractivity contribution in [2.45, 2.75) is 18.9 Å². The van der Waals surface area contributed by atoms with E-state index in [0.29, 0.717) is 32.3 Å². The fourth-order valence-corrected chi connectivity index (χ4v) is 6.52. The number of thiazole rings is 1. The number of fused-ring (bicyclic) bond motifs is 3. The standard InChI is InChI=1S/C31H28N2O5S/c1-35-23-15-12-18(16-25(23)37-3)17-26-30(34)33-28(22-10-7-11-24(36-2)29(22)38-4)21-14-13-19-8-5-6-9-20(19)27(21)32-31(33)39-26/h5-12,15-17,28H,13-14H2,1-4H3. The number of nitrogens with zero attached hydrogens (tertiary/aromatic N) is 2. The second-order valence-corrected chi connectivity index (χ2v) is 10.3. The van der Waals surface area contributed by atoms with Crippen LogP contribution in [0.3, 0.4) is 0 Å². The van der Waals surface area contributed by atoms with E-state index in [2.05, 4.69) is 18.2 Å². The van der Waals surface area contributed by atoms with Crippen LogP contribution in [0.1, 0.15) is 34.7 Å². The fraction of sp³-hybridized carbons (Fsp3) is 0.226. The molecule has 0 fully saturated rings. The van der Waals surface area contributed by atoms with Crippen LogP contribution in [0.15, 0.2) is 76.0 Å². The lowest BCUT2D eigenvalue weighted by Crippen LogP contribution is -2.39. The Bertz CT molecular complexity index is 1800. The van der Waals surface area contributed by atoms with Crippen LogP contribution in [0.2, 0.25) is 0 Å². The molecule has 198 valence electrons. The third-order valence-electron chi connectivity index (χ3n) is 7.31. The van der Waals surface area contributed by atoms with Gasteiger partial charge in [-0.15, -0.1) is 0 Å². The van der Waals surface area contributed by atoms with Gasteiger partial charge < -0.3 is 18.9 Å². The average Bonchev–Trinajstić information content (AvgIpc) is 3.29. The van der Waals surface area contributed by atoms with Crippen LogP contribution in [-0.4, -0.2) is 33.0 Å². The third-order valence-corrected chi connectivity index (χ3v) is 8.29. The van der Waals surface area contributed by atoms with Gasteiger partial charge in [0.2, 0.25) is 0 Å². The van der Waals surface area contributed by atoms with Crippen LogP contribution in [0.25, 0.3) is 11.8 Å². The number of hydrogen-bond acceptors (Lipinski definition) is 7. The summed E-state index contributed by atoms with van der Waals surface area (Å²) < 4.78 is 24.7. The van der Waals surface area contributed by atoms with Crippen molar-refractivity contribution < 1.29 is 18.9 Å². The van der Waals surface area contributed by atoms with E-state index >= 15 is 0 Å². The zero-order valence-electron chi connectivity index (χ0n) is 22.2. The fourth-order valence-electron chi connectivity index (χ4n) is 5.52. The molecule has 2 aliphatic rings. The first-order valence-corrected chi connectivity index (χ1v) is 13.5. The lowest BCUT2D eigenvalue weighted by molar-refractivity contribution is 0.348. The lowest BCUT2D eigenvalue weighted by Gasteiger charge is -2.31. The molecule has 1 aliphatic carbocycles. The maximum absolute atomic E-state index is 14.1. The van der Waals surface area contributed by atoms with Crippen molar-refractivity contribution in [1.82, 2.24) is 4.57 Å². The van der Waals surface area contributed by atoms with Crippen LogP contribution in [-0.2, 0) is 6.42 Å². The summed E-state index contributed by atoms with van der Waals surface area (Å²) in [6.07, 6.45) is 3.55. The summed E-state index contributed by atoms with van der Waals surface area (Å²) in [5.74, 6) is 2.47. The Hall–Kier alpha value is -4.30. The SMILES string of the molecule is COc1ccc(C=c2sc3n(c2=O)C(c2cccc(OC)c2OC)C2=C(N=3)c3ccccc3CC2)cc1OC. The Kier molecular flexibility index (Phi) is 6.48. The van der Waals surface area contributed by atoms with E-state index in [9.17, 15) is 4.79 Å². The molecule has 0 bridgehead atoms. The number of aryl methyl sites for hydroxylation is 1. The van der Waals surface area contributed by atoms with Gasteiger partial charge in [0.25, 0.3) is 5.56 Å². The molecule has 2 heterocycles. The zero-order chi connectivity index (χ0) is 27.1. The monoisotopic (exact) mass is 540 g/mol. The predicted octanol–water partition coefficient (Wildman–Crippen LogP) is 4.35. The molecule has 0 spiro atoms. The van der Waals surface area contributed by atoms with Gasteiger partial charge in [-0.05, 0) is 53.8 Å². The highest BCUT2D eigenvalue weighted by Gasteiger charge is 2.34. The molecule has 6 rings (SSSR count). The van der Waals surface area contributed by atoms with Crippen LogP contribution in [0, 0.1) is 0 Å². The van der Waals surface area contributed by atoms with Crippen molar-refractivity contribution >= 4 is 23.1 Å². The van der Waals surface area contributed by atoms with E-state index in [0.717, 1.165) is 40.8 Å². The number of aromatic nitrogens is 1. The van der Waals surface area contributed by atoms with Gasteiger partial charge in [-0.3, -0.25) is 9.36 Å². The van der Waals surface area contributed by atoms with Crippen LogP contribution in [0.4, 0.5) is 0 Å². The van der Waals surface area contributed by atoms with Crippen molar-refractivity contribution in [3.05, 3.63) is 108 Å². The van der Waals surface area contributed by atoms with Crippen molar-refractivity contribution in [2.75, 3.05) is 28.4 Å². The number of ether oxygens (including phenoxy) is 4. The predicted molar refractivity (Wildman–Crippen MR) is 152 cm³/mol. The average molecular weight is 541 g/mol. The van der Waals surface area contributed by atoms with Gasteiger partial charge in [-0.25, -0.2) is 4.99 Å². The number of allylic oxidation sites excluding steroid dienone is 1. The smallest absolute Gasteiger partial charge is 0.271 e. The summed E-state index contributed by atoms with van der Waals surface area (Å²) in [6, 6.07) is 19.4. The molecule has 7 nitrogen and oxygen atoms in total. The maximum atomic E-state index is 14.1. The minimum Gasteiger partial charge on any atom is -0.493 e. The molecular weight excluding hydrogens is 512 g/mol. The largest absolute Gasteiger partial charge is 0.493 e. The van der Waals surface area contributed by atoms with Crippen LogP contribution in [0.5, 0.6) is 23.0 Å². The first-order chi connectivity index (χ1) is 19.1. The van der Waals surface area contributed by atoms with Crippen molar-refractivity contribution in [1.29, 1.82) is 0 Å². The normalized spacial score (nSPS) is 16.1. The van der Waals surface area contributed by atoms with E-state index in [4.69, 9.17) is 23.9 Å². The van der Waals surface area contributed by atoms with Gasteiger partial charge in [-0.2, -0.15) is 0 Å². The Morgan fingerprint density at radius 3 is 2.44 bits per heavy atom. The Labute approximate surface area is 229 Å². The second-order valence-electron chi connectivity index (χ2n) is 9.31. The molecule has 8 heteroatoms. The topological polar surface area (TPSA) is 71.3 Å². The highest BCUT2D eigenvalue weighted by molar-refractivity contribution is 7.07. The molecular formula is C31H28N2O5S. The number of para-hydroxylation sites is 1. The summed E-state index contributed by atoms with van der Waals surface area (Å²) >= 11 is 1.38. The minimum absolute atomic E-state index is 0.103. The van der Waals surface area contributed by atoms with E-state index in [1.54, 1.807) is 33.0 Å². The molecule has 0 amide bonds. The maximum Gasteiger partial charge on any atom is 0.271 e. The molecule has 0 radical (unpaired) electrons. The number of methoxy groups -OCH3 is 4. The number of rotatable bonds is 6. The van der Waals surface area contributed by atoms with Crippen molar-refractivity contribution in [2.24, 2.45) is 4.99 Å². The van der Waals surface area contributed by atoms with Crippen LogP contribution >= 0.6 is 11.3 Å². The highest BCUT2D eigenvalue weighted by Crippen LogP contribution is 2.45. The quantitative estimate of drug-likeness (QED) is 0.364. The summed E-state index contributed by atoms with van der Waals surface area (Å²) in [5, 5.41) is 0. The summed E-state index contributed by atoms with van der Waals surface area (Å²) in [7, 11) is 6.45. The number of benzene rings is 3. The summed E-state index contributed by atoms with van der Waals surface area (Å²) in [5.41, 5.74) is 6.02. The number of hydrogen-bond donors (Lipinski definition) is 0. The van der Waals surface area contributed by atoms with Crippen LogP contribution < -0.4 is 33.8 Å². The molecule has 0 saturated carbocycles. The Morgan fingerprint density at radius 1 is 0.872 bits per heavy atom. The van der Waals surface area contributed by atoms with E-state index in [1.807, 2.05) is 48.5 Å². The summed E-state index contributed by atoms with van der Waals surface area (Å²) in [4.78, 5) is 19.8. The van der Waals surface area contributed by atoms with E-state index in [1.165, 1.54) is 16.9 Å². The van der Waals surface area contributed by atoms with Gasteiger partial charge in [0.05, 0.1) is 44.7 Å². The molecule has 3 aromatic carbocycles. The van der Waals surface area contributed by atoms with Crippen molar-refractivity contribution in [3.8, 4) is 23.0 Å².